The molecule has 1 aromatic carbocycles. The predicted molar refractivity (Wildman–Crippen MR) is 66.5 cm³/mol. The van der Waals surface area contributed by atoms with E-state index in [1.807, 2.05) is 0 Å². The van der Waals surface area contributed by atoms with E-state index in [1.54, 1.807) is 6.07 Å². The second-order valence-electron chi connectivity index (χ2n) is 3.75. The van der Waals surface area contributed by atoms with E-state index in [1.165, 1.54) is 19.2 Å². The van der Waals surface area contributed by atoms with E-state index in [9.17, 15) is 8.78 Å². The molecule has 0 saturated heterocycles. The highest BCUT2D eigenvalue weighted by molar-refractivity contribution is 5.44. The average molecular weight is 276 g/mol. The first-order valence-electron chi connectivity index (χ1n) is 5.79. The lowest BCUT2D eigenvalue weighted by Crippen LogP contribution is -2.30. The number of alkyl halides is 2. The molecule has 19 heavy (non-hydrogen) atoms. The van der Waals surface area contributed by atoms with Gasteiger partial charge in [-0.25, -0.2) is 0 Å². The zero-order valence-electron chi connectivity index (χ0n) is 10.6. The number of nitrogens with one attached hydrogen (secondary N) is 1. The smallest absolute Gasteiger partial charge is 0.387 e. The summed E-state index contributed by atoms with van der Waals surface area (Å²) >= 11 is 0. The fourth-order valence-corrected chi connectivity index (χ4v) is 1.67. The van der Waals surface area contributed by atoms with Crippen LogP contribution in [0.2, 0.25) is 0 Å². The van der Waals surface area contributed by atoms with Crippen molar-refractivity contribution in [3.63, 3.8) is 0 Å². The Morgan fingerprint density at radius 2 is 2.11 bits per heavy atom. The molecule has 0 saturated carbocycles. The highest BCUT2D eigenvalue weighted by Crippen LogP contribution is 2.31. The van der Waals surface area contributed by atoms with Crippen molar-refractivity contribution in [2.24, 2.45) is 5.73 Å². The Morgan fingerprint density at radius 3 is 2.63 bits per heavy atom. The van der Waals surface area contributed by atoms with E-state index in [-0.39, 0.29) is 30.7 Å². The number of rotatable bonds is 8. The summed E-state index contributed by atoms with van der Waals surface area (Å²) in [5, 5.41) is 11.8. The largest absolute Gasteiger partial charge is 0.493 e. The van der Waals surface area contributed by atoms with E-state index >= 15 is 0 Å². The van der Waals surface area contributed by atoms with Gasteiger partial charge in [-0.1, -0.05) is 6.07 Å². The van der Waals surface area contributed by atoms with Crippen LogP contribution in [-0.2, 0) is 0 Å². The first-order chi connectivity index (χ1) is 9.12. The van der Waals surface area contributed by atoms with Crippen molar-refractivity contribution < 1.29 is 23.4 Å². The van der Waals surface area contributed by atoms with Crippen molar-refractivity contribution in [1.82, 2.24) is 5.32 Å². The molecule has 1 unspecified atom stereocenters. The van der Waals surface area contributed by atoms with Crippen LogP contribution in [0.4, 0.5) is 8.78 Å². The van der Waals surface area contributed by atoms with Crippen molar-refractivity contribution >= 4 is 0 Å². The number of hydrogen-bond acceptors (Lipinski definition) is 5. The third-order valence-corrected chi connectivity index (χ3v) is 2.54. The molecule has 108 valence electrons. The number of nitrogens with two attached hydrogens (primary N) is 1. The Kier molecular flexibility index (Phi) is 6.48. The van der Waals surface area contributed by atoms with Gasteiger partial charge in [0.2, 0.25) is 0 Å². The molecular formula is C12H18F2N2O3. The Morgan fingerprint density at radius 1 is 1.37 bits per heavy atom. The molecule has 7 heteroatoms. The Hall–Kier alpha value is -1.44. The molecule has 1 rings (SSSR count). The zero-order chi connectivity index (χ0) is 14.3. The summed E-state index contributed by atoms with van der Waals surface area (Å²) < 4.78 is 34.0. The highest BCUT2D eigenvalue weighted by atomic mass is 19.3. The highest BCUT2D eigenvalue weighted by Gasteiger charge is 2.15. The fourth-order valence-electron chi connectivity index (χ4n) is 1.67. The summed E-state index contributed by atoms with van der Waals surface area (Å²) in [6, 6.07) is 4.44. The Balaban J connectivity index is 2.94. The minimum Gasteiger partial charge on any atom is -0.493 e. The normalized spacial score (nSPS) is 12.5. The van der Waals surface area contributed by atoms with Crippen LogP contribution in [0.5, 0.6) is 11.5 Å². The van der Waals surface area contributed by atoms with Gasteiger partial charge in [0.05, 0.1) is 13.7 Å². The summed E-state index contributed by atoms with van der Waals surface area (Å²) in [5.74, 6) is 0.182. The second-order valence-corrected chi connectivity index (χ2v) is 3.75. The fraction of sp³-hybridized carbons (Fsp3) is 0.500. The minimum absolute atomic E-state index is 0.0347. The van der Waals surface area contributed by atoms with Gasteiger partial charge >= 0.3 is 6.61 Å². The molecule has 1 aromatic rings. The van der Waals surface area contributed by atoms with Crippen LogP contribution in [0.1, 0.15) is 11.6 Å². The van der Waals surface area contributed by atoms with Crippen molar-refractivity contribution in [3.8, 4) is 11.5 Å². The van der Waals surface area contributed by atoms with Gasteiger partial charge in [-0.2, -0.15) is 8.78 Å². The lowest BCUT2D eigenvalue weighted by atomic mass is 10.1. The standard InChI is InChI=1S/C12H18F2N2O3/c1-18-10-3-2-8(6-11(10)19-12(13)14)9(7-15)16-4-5-17/h2-3,6,9,12,16-17H,4-5,7,15H2,1H3. The maximum absolute atomic E-state index is 12.3. The average Bonchev–Trinajstić information content (AvgIpc) is 2.39. The molecule has 0 aromatic heterocycles. The molecule has 0 aliphatic carbocycles. The van der Waals surface area contributed by atoms with E-state index in [0.717, 1.165) is 0 Å². The first kappa shape index (κ1) is 15.6. The number of aliphatic hydroxyl groups is 1. The van der Waals surface area contributed by atoms with E-state index in [0.29, 0.717) is 12.1 Å². The van der Waals surface area contributed by atoms with Gasteiger partial charge in [-0.05, 0) is 17.7 Å². The van der Waals surface area contributed by atoms with Gasteiger partial charge in [0.15, 0.2) is 11.5 Å². The molecule has 0 spiro atoms. The number of methoxy groups -OCH3 is 1. The molecule has 0 amide bonds. The van der Waals surface area contributed by atoms with Crippen LogP contribution in [-0.4, -0.2) is 38.5 Å². The molecule has 0 aliphatic rings. The van der Waals surface area contributed by atoms with Gasteiger partial charge in [0.1, 0.15) is 0 Å². The van der Waals surface area contributed by atoms with Crippen molar-refractivity contribution in [2.75, 3.05) is 26.8 Å². The number of ether oxygens (including phenoxy) is 2. The molecule has 5 nitrogen and oxygen atoms in total. The van der Waals surface area contributed by atoms with Crippen molar-refractivity contribution in [3.05, 3.63) is 23.8 Å². The summed E-state index contributed by atoms with van der Waals surface area (Å²) in [7, 11) is 1.37. The second kappa shape index (κ2) is 7.88. The quantitative estimate of drug-likeness (QED) is 0.657. The molecule has 0 aliphatic heterocycles. The summed E-state index contributed by atoms with van der Waals surface area (Å²) in [4.78, 5) is 0. The van der Waals surface area contributed by atoms with Gasteiger partial charge < -0.3 is 25.6 Å². The molecule has 0 fully saturated rings. The van der Waals surface area contributed by atoms with Crippen molar-refractivity contribution in [1.29, 1.82) is 0 Å². The molecule has 4 N–H and O–H groups in total. The molecule has 1 atom stereocenters. The summed E-state index contributed by atoms with van der Waals surface area (Å²) in [6.07, 6.45) is 0. The van der Waals surface area contributed by atoms with Crippen LogP contribution in [0, 0.1) is 0 Å². The third kappa shape index (κ3) is 4.62. The Labute approximate surface area is 110 Å². The van der Waals surface area contributed by atoms with Gasteiger partial charge in [0.25, 0.3) is 0 Å². The van der Waals surface area contributed by atoms with Crippen LogP contribution in [0.15, 0.2) is 18.2 Å². The number of aliphatic hydroxyl groups excluding tert-OH is 1. The number of benzene rings is 1. The van der Waals surface area contributed by atoms with Gasteiger partial charge in [-0.15, -0.1) is 0 Å². The third-order valence-electron chi connectivity index (χ3n) is 2.54. The van der Waals surface area contributed by atoms with Crippen LogP contribution in [0.3, 0.4) is 0 Å². The number of hydrogen-bond donors (Lipinski definition) is 3. The van der Waals surface area contributed by atoms with Crippen LogP contribution >= 0.6 is 0 Å². The molecule has 0 heterocycles. The lowest BCUT2D eigenvalue weighted by molar-refractivity contribution is -0.0512. The van der Waals surface area contributed by atoms with Gasteiger partial charge in [-0.3, -0.25) is 0 Å². The van der Waals surface area contributed by atoms with Crippen LogP contribution < -0.4 is 20.5 Å². The Bertz CT molecular complexity index is 391. The number of halogens is 2. The first-order valence-corrected chi connectivity index (χ1v) is 5.79. The molecule has 0 bridgehead atoms. The van der Waals surface area contributed by atoms with Gasteiger partial charge in [0, 0.05) is 19.1 Å². The van der Waals surface area contributed by atoms with Crippen LogP contribution in [0.25, 0.3) is 0 Å². The maximum atomic E-state index is 12.3. The molecule has 0 radical (unpaired) electrons. The monoisotopic (exact) mass is 276 g/mol. The zero-order valence-corrected chi connectivity index (χ0v) is 10.6. The van der Waals surface area contributed by atoms with E-state index in [2.05, 4.69) is 10.1 Å². The van der Waals surface area contributed by atoms with E-state index in [4.69, 9.17) is 15.6 Å². The topological polar surface area (TPSA) is 76.7 Å². The SMILES string of the molecule is COc1ccc(C(CN)NCCO)cc1OC(F)F. The molecular weight excluding hydrogens is 258 g/mol. The lowest BCUT2D eigenvalue weighted by Gasteiger charge is -2.18. The minimum atomic E-state index is -2.93. The summed E-state index contributed by atoms with van der Waals surface area (Å²) in [6.45, 7) is -2.34. The van der Waals surface area contributed by atoms with Crippen molar-refractivity contribution in [2.45, 2.75) is 12.7 Å². The summed E-state index contributed by atoms with van der Waals surface area (Å²) in [5.41, 5.74) is 6.29. The predicted octanol–water partition coefficient (Wildman–Crippen LogP) is 0.878. The van der Waals surface area contributed by atoms with E-state index < -0.39 is 6.61 Å². The maximum Gasteiger partial charge on any atom is 0.387 e.